The zero-order chi connectivity index (χ0) is 31.2. The molecule has 0 saturated heterocycles. The molecule has 12 heteroatoms. The molecule has 42 heavy (non-hydrogen) atoms. The van der Waals surface area contributed by atoms with Crippen LogP contribution in [-0.4, -0.2) is 38.4 Å². The van der Waals surface area contributed by atoms with Crippen LogP contribution in [-0.2, 0) is 11.0 Å². The van der Waals surface area contributed by atoms with E-state index in [1.807, 2.05) is 23.9 Å². The second-order valence-corrected chi connectivity index (χ2v) is 10.3. The fraction of sp³-hybridized carbons (Fsp3) is 0.333. The number of rotatable bonds is 9. The van der Waals surface area contributed by atoms with Gasteiger partial charge in [-0.25, -0.2) is 0 Å². The van der Waals surface area contributed by atoms with Crippen LogP contribution in [0.4, 0.5) is 13.2 Å². The van der Waals surface area contributed by atoms with Gasteiger partial charge in [0.05, 0.1) is 29.1 Å². The average molecular weight is 605 g/mol. The van der Waals surface area contributed by atoms with Crippen LogP contribution in [0.2, 0.25) is 5.02 Å². The van der Waals surface area contributed by atoms with Crippen molar-refractivity contribution in [2.24, 2.45) is 11.7 Å². The van der Waals surface area contributed by atoms with Crippen molar-refractivity contribution in [2.45, 2.75) is 52.8 Å². The average Bonchev–Trinajstić information content (AvgIpc) is 3.36. The predicted octanol–water partition coefficient (Wildman–Crippen LogP) is 7.38. The largest absolute Gasteiger partial charge is 0.492 e. The van der Waals surface area contributed by atoms with Crippen LogP contribution < -0.4 is 10.5 Å². The summed E-state index contributed by atoms with van der Waals surface area (Å²) in [5.74, 6) is -0.544. The number of nitrogens with zero attached hydrogens (tertiary/aromatic N) is 3. The SMILES string of the molecule is CCC(=O)O.CCOc1c(-c2ccc(C(F)(F)F)cc2Cl)ccc2nn(C(CC(C)C)c3ccc(C(N)=O)nc3)cc12. The molecule has 0 fully saturated rings. The van der Waals surface area contributed by atoms with Gasteiger partial charge in [0.2, 0.25) is 0 Å². The van der Waals surface area contributed by atoms with Crippen molar-refractivity contribution in [3.8, 4) is 16.9 Å². The van der Waals surface area contributed by atoms with Gasteiger partial charge in [-0.05, 0) is 55.2 Å². The summed E-state index contributed by atoms with van der Waals surface area (Å²) in [4.78, 5) is 25.0. The number of alkyl halides is 3. The van der Waals surface area contributed by atoms with E-state index in [4.69, 9.17) is 32.3 Å². The van der Waals surface area contributed by atoms with Crippen LogP contribution in [0.3, 0.4) is 0 Å². The summed E-state index contributed by atoms with van der Waals surface area (Å²) in [5.41, 5.74) is 7.20. The highest BCUT2D eigenvalue weighted by Crippen LogP contribution is 2.42. The molecule has 2 aromatic carbocycles. The first-order valence-electron chi connectivity index (χ1n) is 13.3. The number of ether oxygens (including phenoxy) is 1. The Morgan fingerprint density at radius 1 is 1.10 bits per heavy atom. The third-order valence-electron chi connectivity index (χ3n) is 6.27. The molecule has 0 aliphatic carbocycles. The van der Waals surface area contributed by atoms with E-state index in [0.29, 0.717) is 40.3 Å². The van der Waals surface area contributed by atoms with Crippen LogP contribution in [0.15, 0.2) is 54.9 Å². The van der Waals surface area contributed by atoms with Crippen LogP contribution in [0.25, 0.3) is 22.0 Å². The molecule has 3 N–H and O–H groups in total. The van der Waals surface area contributed by atoms with Crippen molar-refractivity contribution >= 4 is 34.4 Å². The molecule has 1 unspecified atom stereocenters. The van der Waals surface area contributed by atoms with Crippen molar-refractivity contribution in [3.63, 3.8) is 0 Å². The van der Waals surface area contributed by atoms with Crippen molar-refractivity contribution in [2.75, 3.05) is 6.61 Å². The maximum absolute atomic E-state index is 13.2. The van der Waals surface area contributed by atoms with E-state index in [9.17, 15) is 22.8 Å². The number of carboxylic acid groups (broad SMARTS) is 1. The molecule has 0 radical (unpaired) electrons. The molecule has 224 valence electrons. The Labute approximate surface area is 246 Å². The standard InChI is InChI=1S/C27H26ClF3N4O2.C3H6O2/c1-4-37-25-19(18-7-6-17(12-21(18)28)27(29,30)31)8-10-22-20(25)14-35(34-22)24(11-15(2)3)16-5-9-23(26(32)36)33-13-16;1-2-3(4)5/h5-10,12-15,24H,4,11H2,1-3H3,(H2,32,36);2H2,1H3,(H,4,5). The Bertz CT molecular complexity index is 1550. The van der Waals surface area contributed by atoms with Gasteiger partial charge in [0, 0.05) is 35.0 Å². The van der Waals surface area contributed by atoms with Gasteiger partial charge in [-0.15, -0.1) is 0 Å². The third-order valence-corrected chi connectivity index (χ3v) is 6.59. The number of amides is 1. The quantitative estimate of drug-likeness (QED) is 0.206. The number of benzene rings is 2. The summed E-state index contributed by atoms with van der Waals surface area (Å²) in [6.45, 7) is 7.95. The van der Waals surface area contributed by atoms with Gasteiger partial charge in [-0.3, -0.25) is 19.3 Å². The fourth-order valence-electron chi connectivity index (χ4n) is 4.26. The number of carbonyl (C=O) groups excluding carboxylic acids is 1. The normalized spacial score (nSPS) is 12.1. The minimum absolute atomic E-state index is 0.0270. The Morgan fingerprint density at radius 3 is 2.26 bits per heavy atom. The molecular formula is C30H32ClF3N4O4. The zero-order valence-corrected chi connectivity index (χ0v) is 24.3. The Morgan fingerprint density at radius 2 is 1.76 bits per heavy atom. The van der Waals surface area contributed by atoms with Crippen LogP contribution in [0.1, 0.15) is 68.2 Å². The Hall–Kier alpha value is -4.12. The summed E-state index contributed by atoms with van der Waals surface area (Å²) < 4.78 is 47.3. The molecule has 0 aliphatic rings. The number of aromatic nitrogens is 3. The second kappa shape index (κ2) is 13.7. The van der Waals surface area contributed by atoms with Gasteiger partial charge in [0.15, 0.2) is 0 Å². The number of pyridine rings is 1. The number of hydrogen-bond acceptors (Lipinski definition) is 5. The summed E-state index contributed by atoms with van der Waals surface area (Å²) in [5, 5.41) is 13.2. The first-order valence-corrected chi connectivity index (χ1v) is 13.6. The first kappa shape index (κ1) is 32.4. The molecule has 4 rings (SSSR count). The first-order chi connectivity index (χ1) is 19.8. The number of carboxylic acids is 1. The van der Waals surface area contributed by atoms with E-state index >= 15 is 0 Å². The lowest BCUT2D eigenvalue weighted by Crippen LogP contribution is -2.16. The molecule has 0 bridgehead atoms. The number of primary amides is 1. The van der Waals surface area contributed by atoms with E-state index in [-0.39, 0.29) is 23.2 Å². The highest BCUT2D eigenvalue weighted by molar-refractivity contribution is 6.33. The molecule has 1 amide bonds. The predicted molar refractivity (Wildman–Crippen MR) is 155 cm³/mol. The van der Waals surface area contributed by atoms with E-state index in [2.05, 4.69) is 18.8 Å². The van der Waals surface area contributed by atoms with Crippen molar-refractivity contribution in [3.05, 3.63) is 76.7 Å². The fourth-order valence-corrected chi connectivity index (χ4v) is 4.54. The zero-order valence-electron chi connectivity index (χ0n) is 23.6. The monoisotopic (exact) mass is 604 g/mol. The van der Waals surface area contributed by atoms with Crippen LogP contribution in [0, 0.1) is 5.92 Å². The molecule has 0 spiro atoms. The van der Waals surface area contributed by atoms with Gasteiger partial charge < -0.3 is 15.6 Å². The number of aliphatic carboxylic acids is 1. The number of fused-ring (bicyclic) bond motifs is 1. The molecular weight excluding hydrogens is 573 g/mol. The van der Waals surface area contributed by atoms with E-state index in [1.165, 1.54) is 6.07 Å². The van der Waals surface area contributed by atoms with E-state index in [1.54, 1.807) is 31.3 Å². The molecule has 2 heterocycles. The molecule has 1 atom stereocenters. The van der Waals surface area contributed by atoms with E-state index in [0.717, 1.165) is 24.1 Å². The molecule has 0 aliphatic heterocycles. The number of halogens is 4. The summed E-state index contributed by atoms with van der Waals surface area (Å²) in [6, 6.07) is 10.0. The summed E-state index contributed by atoms with van der Waals surface area (Å²) in [7, 11) is 0. The lowest BCUT2D eigenvalue weighted by molar-refractivity contribution is -0.138. The van der Waals surface area contributed by atoms with Crippen molar-refractivity contribution in [1.29, 1.82) is 0 Å². The van der Waals surface area contributed by atoms with Crippen LogP contribution in [0.5, 0.6) is 5.75 Å². The maximum Gasteiger partial charge on any atom is 0.416 e. The van der Waals surface area contributed by atoms with E-state index < -0.39 is 23.6 Å². The Kier molecular flexibility index (Phi) is 10.6. The molecule has 0 saturated carbocycles. The molecule has 8 nitrogen and oxygen atoms in total. The van der Waals surface area contributed by atoms with Gasteiger partial charge in [0.1, 0.15) is 11.4 Å². The summed E-state index contributed by atoms with van der Waals surface area (Å²) >= 11 is 6.31. The number of nitrogens with two attached hydrogens (primary N) is 1. The van der Waals surface area contributed by atoms with Crippen LogP contribution >= 0.6 is 11.6 Å². The topological polar surface area (TPSA) is 120 Å². The molecule has 2 aromatic heterocycles. The highest BCUT2D eigenvalue weighted by Gasteiger charge is 2.31. The maximum atomic E-state index is 13.2. The smallest absolute Gasteiger partial charge is 0.416 e. The lowest BCUT2D eigenvalue weighted by atomic mass is 9.98. The highest BCUT2D eigenvalue weighted by atomic mass is 35.5. The van der Waals surface area contributed by atoms with Crippen molar-refractivity contribution in [1.82, 2.24) is 14.8 Å². The van der Waals surface area contributed by atoms with Gasteiger partial charge in [0.25, 0.3) is 5.91 Å². The van der Waals surface area contributed by atoms with Gasteiger partial charge in [-0.2, -0.15) is 18.3 Å². The lowest BCUT2D eigenvalue weighted by Gasteiger charge is -2.20. The van der Waals surface area contributed by atoms with Gasteiger partial charge >= 0.3 is 12.1 Å². The number of carbonyl (C=O) groups is 2. The minimum Gasteiger partial charge on any atom is -0.492 e. The second-order valence-electron chi connectivity index (χ2n) is 9.84. The Balaban J connectivity index is 0.000000892. The van der Waals surface area contributed by atoms with Crippen molar-refractivity contribution < 1.29 is 32.6 Å². The summed E-state index contributed by atoms with van der Waals surface area (Å²) in [6.07, 6.45) is -0.0493. The van der Waals surface area contributed by atoms with Gasteiger partial charge in [-0.1, -0.05) is 44.5 Å². The minimum atomic E-state index is -4.49. The third kappa shape index (κ3) is 7.79. The molecule has 4 aromatic rings. The number of hydrogen-bond donors (Lipinski definition) is 2.